The lowest BCUT2D eigenvalue weighted by Gasteiger charge is -2.43. The molecule has 2 rings (SSSR count). The second-order valence-corrected chi connectivity index (χ2v) is 8.85. The molecule has 1 fully saturated rings. The fourth-order valence-electron chi connectivity index (χ4n) is 3.52. The summed E-state index contributed by atoms with van der Waals surface area (Å²) >= 11 is 2.34. The summed E-state index contributed by atoms with van der Waals surface area (Å²) in [5, 5.41) is 9.95. The van der Waals surface area contributed by atoms with Gasteiger partial charge in [0.25, 0.3) is 0 Å². The molecule has 0 bridgehead atoms. The van der Waals surface area contributed by atoms with Gasteiger partial charge in [-0.15, -0.1) is 0 Å². The SMILES string of the molecule is CC(C)(C)C1CCC(CO)(Cc2ccc(I)cc2)CC1. The summed E-state index contributed by atoms with van der Waals surface area (Å²) in [6.07, 6.45) is 5.87. The maximum atomic E-state index is 9.95. The Balaban J connectivity index is 2.03. The zero-order valence-corrected chi connectivity index (χ0v) is 15.1. The molecule has 0 aliphatic heterocycles. The van der Waals surface area contributed by atoms with Crippen molar-refractivity contribution in [3.8, 4) is 0 Å². The van der Waals surface area contributed by atoms with Crippen LogP contribution in [0.2, 0.25) is 0 Å². The number of benzene rings is 1. The maximum Gasteiger partial charge on any atom is 0.0490 e. The highest BCUT2D eigenvalue weighted by Crippen LogP contribution is 2.46. The van der Waals surface area contributed by atoms with Crippen molar-refractivity contribution in [3.05, 3.63) is 33.4 Å². The Labute approximate surface area is 137 Å². The molecule has 0 spiro atoms. The molecule has 2 heteroatoms. The van der Waals surface area contributed by atoms with E-state index in [2.05, 4.69) is 67.6 Å². The van der Waals surface area contributed by atoms with Gasteiger partial charge in [-0.05, 0) is 89.1 Å². The van der Waals surface area contributed by atoms with Crippen molar-refractivity contribution < 1.29 is 5.11 Å². The van der Waals surface area contributed by atoms with E-state index in [-0.39, 0.29) is 5.41 Å². The summed E-state index contributed by atoms with van der Waals surface area (Å²) in [7, 11) is 0. The summed E-state index contributed by atoms with van der Waals surface area (Å²) in [5.41, 5.74) is 1.90. The molecule has 1 aliphatic rings. The molecule has 1 nitrogen and oxygen atoms in total. The Morgan fingerprint density at radius 1 is 1.15 bits per heavy atom. The minimum absolute atomic E-state index is 0.120. The van der Waals surface area contributed by atoms with Gasteiger partial charge in [0.2, 0.25) is 0 Å². The topological polar surface area (TPSA) is 20.2 Å². The third-order valence-electron chi connectivity index (χ3n) is 5.10. The van der Waals surface area contributed by atoms with Crippen molar-refractivity contribution >= 4 is 22.6 Å². The maximum absolute atomic E-state index is 9.95. The van der Waals surface area contributed by atoms with Gasteiger partial charge in [0.15, 0.2) is 0 Å². The van der Waals surface area contributed by atoms with Crippen molar-refractivity contribution in [2.24, 2.45) is 16.7 Å². The largest absolute Gasteiger partial charge is 0.396 e. The highest BCUT2D eigenvalue weighted by molar-refractivity contribution is 14.1. The van der Waals surface area contributed by atoms with Gasteiger partial charge in [0, 0.05) is 10.2 Å². The molecule has 1 N–H and O–H groups in total. The van der Waals surface area contributed by atoms with Crippen LogP contribution in [0.15, 0.2) is 24.3 Å². The smallest absolute Gasteiger partial charge is 0.0490 e. The molecule has 1 aromatic rings. The van der Waals surface area contributed by atoms with Gasteiger partial charge in [-0.3, -0.25) is 0 Å². The Morgan fingerprint density at radius 2 is 1.70 bits per heavy atom. The zero-order chi connectivity index (χ0) is 14.8. The van der Waals surface area contributed by atoms with Gasteiger partial charge in [-0.25, -0.2) is 0 Å². The number of aliphatic hydroxyl groups is 1. The molecule has 0 amide bonds. The normalized spacial score (nSPS) is 27.6. The predicted octanol–water partition coefficient (Wildman–Crippen LogP) is 5.05. The van der Waals surface area contributed by atoms with Crippen LogP contribution in [0.1, 0.15) is 52.0 Å². The van der Waals surface area contributed by atoms with E-state index in [1.165, 1.54) is 22.0 Å². The summed E-state index contributed by atoms with van der Waals surface area (Å²) in [5.74, 6) is 0.805. The standard InChI is InChI=1S/C18H27IO/c1-17(2,3)15-8-10-18(13-20,11-9-15)12-14-4-6-16(19)7-5-14/h4-7,15,20H,8-13H2,1-3H3. The fourth-order valence-corrected chi connectivity index (χ4v) is 3.88. The average Bonchev–Trinajstić information content (AvgIpc) is 2.41. The van der Waals surface area contributed by atoms with Crippen molar-refractivity contribution in [1.29, 1.82) is 0 Å². The van der Waals surface area contributed by atoms with Crippen LogP contribution in [0, 0.1) is 20.3 Å². The summed E-state index contributed by atoms with van der Waals surface area (Å²) in [4.78, 5) is 0. The van der Waals surface area contributed by atoms with E-state index >= 15 is 0 Å². The van der Waals surface area contributed by atoms with Gasteiger partial charge in [0.05, 0.1) is 0 Å². The summed E-state index contributed by atoms with van der Waals surface area (Å²) in [6.45, 7) is 7.38. The minimum atomic E-state index is 0.120. The molecule has 0 radical (unpaired) electrons. The van der Waals surface area contributed by atoms with E-state index in [1.807, 2.05) is 0 Å². The monoisotopic (exact) mass is 386 g/mol. The van der Waals surface area contributed by atoms with Gasteiger partial charge >= 0.3 is 0 Å². The molecule has 0 aromatic heterocycles. The molecular formula is C18H27IO. The van der Waals surface area contributed by atoms with E-state index in [4.69, 9.17) is 0 Å². The molecule has 0 heterocycles. The van der Waals surface area contributed by atoms with Crippen LogP contribution in [0.5, 0.6) is 0 Å². The first-order valence-corrected chi connectivity index (χ1v) is 8.78. The molecule has 1 aromatic carbocycles. The van der Waals surface area contributed by atoms with Gasteiger partial charge in [-0.2, -0.15) is 0 Å². The Bertz CT molecular complexity index is 422. The lowest BCUT2D eigenvalue weighted by molar-refractivity contribution is 0.0369. The number of aliphatic hydroxyl groups excluding tert-OH is 1. The minimum Gasteiger partial charge on any atom is -0.396 e. The first kappa shape index (κ1) is 16.3. The predicted molar refractivity (Wildman–Crippen MR) is 93.8 cm³/mol. The fraction of sp³-hybridized carbons (Fsp3) is 0.667. The molecule has 1 aliphatic carbocycles. The van der Waals surface area contributed by atoms with E-state index < -0.39 is 0 Å². The summed E-state index contributed by atoms with van der Waals surface area (Å²) in [6, 6.07) is 8.77. The molecule has 0 saturated heterocycles. The Morgan fingerprint density at radius 3 is 2.15 bits per heavy atom. The third-order valence-corrected chi connectivity index (χ3v) is 5.82. The third kappa shape index (κ3) is 3.97. The molecule has 0 unspecified atom stereocenters. The summed E-state index contributed by atoms with van der Waals surface area (Å²) < 4.78 is 1.28. The second kappa shape index (κ2) is 6.35. The molecule has 20 heavy (non-hydrogen) atoms. The van der Waals surface area contributed by atoms with Crippen LogP contribution >= 0.6 is 22.6 Å². The first-order valence-electron chi connectivity index (χ1n) is 7.70. The Hall–Kier alpha value is -0.0900. The van der Waals surface area contributed by atoms with Crippen LogP contribution in [0.3, 0.4) is 0 Å². The first-order chi connectivity index (χ1) is 9.35. The van der Waals surface area contributed by atoms with Gasteiger partial charge in [0.1, 0.15) is 0 Å². The quantitative estimate of drug-likeness (QED) is 0.721. The number of hydrogen-bond acceptors (Lipinski definition) is 1. The Kier molecular flexibility index (Phi) is 5.17. The number of halogens is 1. The lowest BCUT2D eigenvalue weighted by Crippen LogP contribution is -2.36. The molecular weight excluding hydrogens is 359 g/mol. The van der Waals surface area contributed by atoms with Crippen molar-refractivity contribution in [2.75, 3.05) is 6.61 Å². The molecule has 0 atom stereocenters. The van der Waals surface area contributed by atoms with Crippen molar-refractivity contribution in [1.82, 2.24) is 0 Å². The number of hydrogen-bond donors (Lipinski definition) is 1. The van der Waals surface area contributed by atoms with E-state index in [9.17, 15) is 5.11 Å². The van der Waals surface area contributed by atoms with Crippen LogP contribution in [0.25, 0.3) is 0 Å². The highest BCUT2D eigenvalue weighted by atomic mass is 127. The molecule has 1 saturated carbocycles. The second-order valence-electron chi connectivity index (χ2n) is 7.60. The van der Waals surface area contributed by atoms with E-state index in [1.54, 1.807) is 0 Å². The lowest BCUT2D eigenvalue weighted by atomic mass is 9.62. The molecule has 112 valence electrons. The van der Waals surface area contributed by atoms with Crippen molar-refractivity contribution in [3.63, 3.8) is 0 Å². The van der Waals surface area contributed by atoms with E-state index in [0.717, 1.165) is 25.2 Å². The van der Waals surface area contributed by atoms with Crippen LogP contribution in [-0.2, 0) is 6.42 Å². The van der Waals surface area contributed by atoms with E-state index in [0.29, 0.717) is 12.0 Å². The van der Waals surface area contributed by atoms with Crippen molar-refractivity contribution in [2.45, 2.75) is 52.9 Å². The van der Waals surface area contributed by atoms with Crippen LogP contribution in [-0.4, -0.2) is 11.7 Å². The number of rotatable bonds is 3. The average molecular weight is 386 g/mol. The van der Waals surface area contributed by atoms with Crippen LogP contribution in [0.4, 0.5) is 0 Å². The van der Waals surface area contributed by atoms with Crippen LogP contribution < -0.4 is 0 Å². The van der Waals surface area contributed by atoms with Gasteiger partial charge in [-0.1, -0.05) is 32.9 Å². The van der Waals surface area contributed by atoms with Gasteiger partial charge < -0.3 is 5.11 Å². The highest BCUT2D eigenvalue weighted by Gasteiger charge is 2.38. The zero-order valence-electron chi connectivity index (χ0n) is 13.0.